The van der Waals surface area contributed by atoms with Crippen molar-refractivity contribution in [1.29, 1.82) is 0 Å². The predicted molar refractivity (Wildman–Crippen MR) is 89.8 cm³/mol. The average molecular weight is 310 g/mol. The van der Waals surface area contributed by atoms with Crippen LogP contribution in [-0.4, -0.2) is 23.6 Å². The van der Waals surface area contributed by atoms with Gasteiger partial charge < -0.3 is 15.7 Å². The van der Waals surface area contributed by atoms with Crippen LogP contribution in [0.3, 0.4) is 0 Å². The molecule has 3 atom stereocenters. The summed E-state index contributed by atoms with van der Waals surface area (Å²) in [4.78, 5) is 12.5. The zero-order valence-electron chi connectivity index (χ0n) is 13.0. The monoisotopic (exact) mass is 310 g/mol. The van der Waals surface area contributed by atoms with E-state index in [0.717, 1.165) is 30.5 Å². The third kappa shape index (κ3) is 3.78. The van der Waals surface area contributed by atoms with Gasteiger partial charge in [0, 0.05) is 0 Å². The van der Waals surface area contributed by atoms with E-state index >= 15 is 0 Å². The lowest BCUT2D eigenvalue weighted by atomic mass is 9.95. The number of aliphatic hydroxyl groups is 1. The molecule has 1 saturated heterocycles. The third-order valence-corrected chi connectivity index (χ3v) is 4.29. The van der Waals surface area contributed by atoms with E-state index in [0.29, 0.717) is 0 Å². The van der Waals surface area contributed by atoms with Gasteiger partial charge in [0.15, 0.2) is 0 Å². The van der Waals surface area contributed by atoms with E-state index in [1.165, 1.54) is 0 Å². The minimum absolute atomic E-state index is 0.0497. The Morgan fingerprint density at radius 2 is 1.65 bits per heavy atom. The van der Waals surface area contributed by atoms with Gasteiger partial charge in [-0.05, 0) is 30.5 Å². The molecule has 4 nitrogen and oxygen atoms in total. The van der Waals surface area contributed by atoms with Crippen LogP contribution in [0.5, 0.6) is 0 Å². The highest BCUT2D eigenvalue weighted by molar-refractivity contribution is 5.82. The molecule has 0 aliphatic carbocycles. The van der Waals surface area contributed by atoms with Crippen molar-refractivity contribution in [1.82, 2.24) is 10.6 Å². The van der Waals surface area contributed by atoms with E-state index in [1.807, 2.05) is 60.7 Å². The number of amides is 1. The van der Waals surface area contributed by atoms with E-state index in [4.69, 9.17) is 0 Å². The van der Waals surface area contributed by atoms with E-state index in [1.54, 1.807) is 0 Å². The molecule has 3 rings (SSSR count). The fourth-order valence-corrected chi connectivity index (χ4v) is 3.01. The Labute approximate surface area is 136 Å². The molecule has 0 unspecified atom stereocenters. The van der Waals surface area contributed by atoms with Crippen molar-refractivity contribution in [2.75, 3.05) is 6.54 Å². The number of rotatable bonds is 5. The lowest BCUT2D eigenvalue weighted by Gasteiger charge is -2.26. The molecule has 1 aliphatic heterocycles. The van der Waals surface area contributed by atoms with Crippen molar-refractivity contribution in [3.8, 4) is 0 Å². The fourth-order valence-electron chi connectivity index (χ4n) is 3.01. The molecule has 1 fully saturated rings. The molecule has 0 aromatic heterocycles. The first-order valence-corrected chi connectivity index (χ1v) is 8.07. The molecule has 3 N–H and O–H groups in total. The number of aliphatic hydroxyl groups excluding tert-OH is 1. The summed E-state index contributed by atoms with van der Waals surface area (Å²) < 4.78 is 0. The quantitative estimate of drug-likeness (QED) is 0.794. The van der Waals surface area contributed by atoms with Gasteiger partial charge in [0.2, 0.25) is 5.91 Å². The molecule has 0 saturated carbocycles. The number of benzene rings is 2. The Balaban J connectivity index is 1.83. The van der Waals surface area contributed by atoms with Gasteiger partial charge in [-0.3, -0.25) is 4.79 Å². The van der Waals surface area contributed by atoms with Gasteiger partial charge in [-0.1, -0.05) is 60.7 Å². The highest BCUT2D eigenvalue weighted by atomic mass is 16.3. The first-order chi connectivity index (χ1) is 11.3. The van der Waals surface area contributed by atoms with Crippen LogP contribution in [0.25, 0.3) is 0 Å². The van der Waals surface area contributed by atoms with Crippen molar-refractivity contribution in [2.45, 2.75) is 31.0 Å². The van der Waals surface area contributed by atoms with E-state index in [-0.39, 0.29) is 11.9 Å². The molecule has 0 radical (unpaired) electrons. The second-order valence-electron chi connectivity index (χ2n) is 5.90. The summed E-state index contributed by atoms with van der Waals surface area (Å²) in [6.45, 7) is 0.870. The second-order valence-corrected chi connectivity index (χ2v) is 5.90. The fraction of sp³-hybridized carbons (Fsp3) is 0.316. The number of nitrogens with one attached hydrogen (secondary N) is 2. The maximum atomic E-state index is 12.5. The smallest absolute Gasteiger partial charge is 0.237 e. The van der Waals surface area contributed by atoms with Gasteiger partial charge in [-0.25, -0.2) is 0 Å². The van der Waals surface area contributed by atoms with Crippen LogP contribution in [0.1, 0.15) is 36.1 Å². The van der Waals surface area contributed by atoms with Gasteiger partial charge in [-0.2, -0.15) is 0 Å². The van der Waals surface area contributed by atoms with E-state index < -0.39 is 12.1 Å². The summed E-state index contributed by atoms with van der Waals surface area (Å²) >= 11 is 0. The lowest BCUT2D eigenvalue weighted by Crippen LogP contribution is -2.43. The molecule has 4 heteroatoms. The van der Waals surface area contributed by atoms with Crippen LogP contribution >= 0.6 is 0 Å². The molecule has 2 aromatic carbocycles. The normalized spacial score (nSPS) is 20.0. The van der Waals surface area contributed by atoms with Gasteiger partial charge in [0.25, 0.3) is 0 Å². The second kappa shape index (κ2) is 7.40. The van der Waals surface area contributed by atoms with Crippen molar-refractivity contribution in [3.05, 3.63) is 71.8 Å². The number of carbonyl (C=O) groups excluding carboxylic acids is 1. The van der Waals surface area contributed by atoms with Gasteiger partial charge >= 0.3 is 0 Å². The largest absolute Gasteiger partial charge is 0.386 e. The summed E-state index contributed by atoms with van der Waals surface area (Å²) in [6.07, 6.45) is 1.06. The first kappa shape index (κ1) is 15.7. The summed E-state index contributed by atoms with van der Waals surface area (Å²) in [5.74, 6) is -0.0497. The lowest BCUT2D eigenvalue weighted by molar-refractivity contribution is -0.124. The highest BCUT2D eigenvalue weighted by Gasteiger charge is 2.29. The Kier molecular flexibility index (Phi) is 5.05. The number of carbonyl (C=O) groups is 1. The van der Waals surface area contributed by atoms with Crippen molar-refractivity contribution in [2.24, 2.45) is 0 Å². The van der Waals surface area contributed by atoms with Crippen LogP contribution < -0.4 is 10.6 Å². The standard InChI is InChI=1S/C19H22N2O2/c22-18(15-10-5-2-6-11-15)17(14-8-3-1-4-9-14)21-19(23)16-12-7-13-20-16/h1-6,8-11,16-18,20,22H,7,12-13H2,(H,21,23)/t16-,17+,18-/m0/s1. The SMILES string of the molecule is O=C(N[C@H](c1ccccc1)[C@@H](O)c1ccccc1)[C@@H]1CCCN1. The number of hydrogen-bond acceptors (Lipinski definition) is 3. The summed E-state index contributed by atoms with van der Waals surface area (Å²) in [7, 11) is 0. The van der Waals surface area contributed by atoms with Gasteiger partial charge in [0.1, 0.15) is 6.10 Å². The molecule has 2 aromatic rings. The topological polar surface area (TPSA) is 61.4 Å². The van der Waals surface area contributed by atoms with Crippen LogP contribution in [-0.2, 0) is 4.79 Å². The van der Waals surface area contributed by atoms with Crippen molar-refractivity contribution in [3.63, 3.8) is 0 Å². The molecule has 0 spiro atoms. The Morgan fingerprint density at radius 3 is 2.22 bits per heavy atom. The molecule has 23 heavy (non-hydrogen) atoms. The van der Waals surface area contributed by atoms with Crippen molar-refractivity contribution >= 4 is 5.91 Å². The van der Waals surface area contributed by atoms with Crippen molar-refractivity contribution < 1.29 is 9.90 Å². The Bertz CT molecular complexity index is 624. The number of hydrogen-bond donors (Lipinski definition) is 3. The zero-order valence-corrected chi connectivity index (χ0v) is 13.0. The predicted octanol–water partition coefficient (Wildman–Crippen LogP) is 2.33. The molecular weight excluding hydrogens is 288 g/mol. The Hall–Kier alpha value is -2.17. The maximum Gasteiger partial charge on any atom is 0.237 e. The first-order valence-electron chi connectivity index (χ1n) is 8.07. The minimum Gasteiger partial charge on any atom is -0.386 e. The minimum atomic E-state index is -0.788. The molecular formula is C19H22N2O2. The molecule has 1 aliphatic rings. The van der Waals surface area contributed by atoms with Crippen LogP contribution in [0.2, 0.25) is 0 Å². The summed E-state index contributed by atoms with van der Waals surface area (Å²) in [6, 6.07) is 18.4. The Morgan fingerprint density at radius 1 is 1.04 bits per heavy atom. The third-order valence-electron chi connectivity index (χ3n) is 4.29. The van der Waals surface area contributed by atoms with Crippen LogP contribution in [0.15, 0.2) is 60.7 Å². The average Bonchev–Trinajstić information content (AvgIpc) is 3.15. The molecule has 120 valence electrons. The van der Waals surface area contributed by atoms with E-state index in [2.05, 4.69) is 10.6 Å². The summed E-state index contributed by atoms with van der Waals surface area (Å²) in [5.41, 5.74) is 1.69. The maximum absolute atomic E-state index is 12.5. The van der Waals surface area contributed by atoms with Crippen LogP contribution in [0.4, 0.5) is 0 Å². The summed E-state index contributed by atoms with van der Waals surface area (Å²) in [5, 5.41) is 17.0. The molecule has 1 heterocycles. The highest BCUT2D eigenvalue weighted by Crippen LogP contribution is 2.29. The van der Waals surface area contributed by atoms with Crippen LogP contribution in [0, 0.1) is 0 Å². The van der Waals surface area contributed by atoms with Gasteiger partial charge in [-0.15, -0.1) is 0 Å². The van der Waals surface area contributed by atoms with Gasteiger partial charge in [0.05, 0.1) is 12.1 Å². The molecule has 0 bridgehead atoms. The molecule has 1 amide bonds. The zero-order chi connectivity index (χ0) is 16.1. The van der Waals surface area contributed by atoms with E-state index in [9.17, 15) is 9.90 Å².